The number of phenols is 1. The molecular formula is C13H18N2O4S. The minimum Gasteiger partial charge on any atom is -0.508 e. The molecule has 0 radical (unpaired) electrons. The fourth-order valence-corrected chi connectivity index (χ4v) is 3.11. The molecule has 0 spiro atoms. The molecule has 6 nitrogen and oxygen atoms in total. The van der Waals surface area contributed by atoms with E-state index in [0.29, 0.717) is 31.6 Å². The highest BCUT2D eigenvalue weighted by molar-refractivity contribution is 7.88. The lowest BCUT2D eigenvalue weighted by atomic mass is 9.97. The van der Waals surface area contributed by atoms with E-state index in [1.54, 1.807) is 12.1 Å². The largest absolute Gasteiger partial charge is 0.508 e. The number of benzene rings is 1. The van der Waals surface area contributed by atoms with Gasteiger partial charge in [0.1, 0.15) is 5.75 Å². The maximum Gasteiger partial charge on any atom is 0.227 e. The highest BCUT2D eigenvalue weighted by atomic mass is 32.2. The second-order valence-electron chi connectivity index (χ2n) is 4.97. The van der Waals surface area contributed by atoms with E-state index in [2.05, 4.69) is 5.32 Å². The van der Waals surface area contributed by atoms with Gasteiger partial charge in [-0.05, 0) is 37.1 Å². The van der Waals surface area contributed by atoms with Crippen LogP contribution >= 0.6 is 0 Å². The minimum absolute atomic E-state index is 0.108. The van der Waals surface area contributed by atoms with Crippen molar-refractivity contribution in [1.82, 2.24) is 4.31 Å². The molecule has 1 fully saturated rings. The summed E-state index contributed by atoms with van der Waals surface area (Å²) in [7, 11) is -3.16. The maximum absolute atomic E-state index is 12.1. The lowest BCUT2D eigenvalue weighted by Crippen LogP contribution is -2.40. The topological polar surface area (TPSA) is 86.7 Å². The van der Waals surface area contributed by atoms with Crippen molar-refractivity contribution in [3.63, 3.8) is 0 Å². The molecule has 110 valence electrons. The van der Waals surface area contributed by atoms with Crippen molar-refractivity contribution in [2.45, 2.75) is 12.8 Å². The Hall–Kier alpha value is -1.60. The van der Waals surface area contributed by atoms with Crippen LogP contribution in [0.4, 0.5) is 5.69 Å². The zero-order valence-electron chi connectivity index (χ0n) is 11.2. The molecular weight excluding hydrogens is 280 g/mol. The molecule has 1 aliphatic rings. The molecule has 0 aromatic heterocycles. The Morgan fingerprint density at radius 1 is 1.25 bits per heavy atom. The second-order valence-corrected chi connectivity index (χ2v) is 6.95. The standard InChI is InChI=1S/C13H18N2O4S/c1-20(18,19)15-8-6-10(7-9-15)13(17)14-11-2-4-12(16)5-3-11/h2-5,10,16H,6-9H2,1H3,(H,14,17). The van der Waals surface area contributed by atoms with Crippen LogP contribution in [0.2, 0.25) is 0 Å². The summed E-state index contributed by atoms with van der Waals surface area (Å²) >= 11 is 0. The van der Waals surface area contributed by atoms with Crippen LogP contribution in [0.3, 0.4) is 0 Å². The van der Waals surface area contributed by atoms with Gasteiger partial charge in [0.05, 0.1) is 6.26 Å². The Bertz CT molecular complexity index is 575. The van der Waals surface area contributed by atoms with Crippen molar-refractivity contribution in [1.29, 1.82) is 0 Å². The average molecular weight is 298 g/mol. The van der Waals surface area contributed by atoms with E-state index in [-0.39, 0.29) is 17.6 Å². The number of nitrogens with zero attached hydrogens (tertiary/aromatic N) is 1. The van der Waals surface area contributed by atoms with Gasteiger partial charge in [-0.15, -0.1) is 0 Å². The molecule has 0 saturated carbocycles. The lowest BCUT2D eigenvalue weighted by Gasteiger charge is -2.29. The lowest BCUT2D eigenvalue weighted by molar-refractivity contribution is -0.120. The van der Waals surface area contributed by atoms with E-state index in [1.807, 2.05) is 0 Å². The van der Waals surface area contributed by atoms with Crippen molar-refractivity contribution in [3.05, 3.63) is 24.3 Å². The highest BCUT2D eigenvalue weighted by Gasteiger charge is 2.28. The number of sulfonamides is 1. The first-order valence-corrected chi connectivity index (χ1v) is 8.26. The summed E-state index contributed by atoms with van der Waals surface area (Å²) in [6.07, 6.45) is 2.23. The molecule has 1 aromatic rings. The monoisotopic (exact) mass is 298 g/mol. The van der Waals surface area contributed by atoms with Gasteiger partial charge < -0.3 is 10.4 Å². The Morgan fingerprint density at radius 3 is 2.30 bits per heavy atom. The van der Waals surface area contributed by atoms with E-state index in [4.69, 9.17) is 5.11 Å². The summed E-state index contributed by atoms with van der Waals surface area (Å²) < 4.78 is 24.2. The molecule has 0 unspecified atom stereocenters. The average Bonchev–Trinajstić information content (AvgIpc) is 2.40. The van der Waals surface area contributed by atoms with Crippen LogP contribution in [0, 0.1) is 5.92 Å². The van der Waals surface area contributed by atoms with Gasteiger partial charge in [0.25, 0.3) is 0 Å². The SMILES string of the molecule is CS(=O)(=O)N1CCC(C(=O)Nc2ccc(O)cc2)CC1. The Labute approximate surface area is 118 Å². The quantitative estimate of drug-likeness (QED) is 0.815. The van der Waals surface area contributed by atoms with Crippen molar-refractivity contribution in [2.75, 3.05) is 24.7 Å². The summed E-state index contributed by atoms with van der Waals surface area (Å²) in [4.78, 5) is 12.1. The van der Waals surface area contributed by atoms with Crippen molar-refractivity contribution >= 4 is 21.6 Å². The smallest absolute Gasteiger partial charge is 0.227 e. The molecule has 1 saturated heterocycles. The first-order chi connectivity index (χ1) is 9.36. The summed E-state index contributed by atoms with van der Waals surface area (Å²) in [5.74, 6) is -0.143. The van der Waals surface area contributed by atoms with E-state index in [9.17, 15) is 13.2 Å². The summed E-state index contributed by atoms with van der Waals surface area (Å²) in [6.45, 7) is 0.763. The Balaban J connectivity index is 1.90. The van der Waals surface area contributed by atoms with E-state index in [1.165, 1.54) is 22.7 Å². The van der Waals surface area contributed by atoms with Crippen molar-refractivity contribution in [3.8, 4) is 5.75 Å². The molecule has 2 N–H and O–H groups in total. The number of carbonyl (C=O) groups excluding carboxylic acids is 1. The van der Waals surface area contributed by atoms with Crippen LogP contribution < -0.4 is 5.32 Å². The number of hydrogen-bond acceptors (Lipinski definition) is 4. The minimum atomic E-state index is -3.16. The normalized spacial score (nSPS) is 17.9. The molecule has 2 rings (SSSR count). The Morgan fingerprint density at radius 2 is 1.80 bits per heavy atom. The van der Waals surface area contributed by atoms with Gasteiger partial charge in [-0.3, -0.25) is 4.79 Å². The first-order valence-electron chi connectivity index (χ1n) is 6.41. The van der Waals surface area contributed by atoms with Gasteiger partial charge in [0, 0.05) is 24.7 Å². The third-order valence-corrected chi connectivity index (χ3v) is 4.73. The number of carbonyl (C=O) groups is 1. The van der Waals surface area contributed by atoms with Gasteiger partial charge in [-0.2, -0.15) is 0 Å². The maximum atomic E-state index is 12.1. The number of hydrogen-bond donors (Lipinski definition) is 2. The summed E-state index contributed by atoms with van der Waals surface area (Å²) in [6, 6.07) is 6.25. The van der Waals surface area contributed by atoms with Gasteiger partial charge in [0.15, 0.2) is 0 Å². The number of piperidine rings is 1. The van der Waals surface area contributed by atoms with E-state index < -0.39 is 10.0 Å². The first kappa shape index (κ1) is 14.8. The van der Waals surface area contributed by atoms with Crippen LogP contribution in [0.5, 0.6) is 5.75 Å². The number of aromatic hydroxyl groups is 1. The van der Waals surface area contributed by atoms with Crippen LogP contribution in [-0.4, -0.2) is 43.1 Å². The number of amides is 1. The predicted molar refractivity (Wildman–Crippen MR) is 75.9 cm³/mol. The van der Waals surface area contributed by atoms with Crippen LogP contribution in [0.25, 0.3) is 0 Å². The number of phenolic OH excluding ortho intramolecular Hbond substituents is 1. The second kappa shape index (κ2) is 5.80. The third-order valence-electron chi connectivity index (χ3n) is 3.43. The molecule has 1 heterocycles. The van der Waals surface area contributed by atoms with Gasteiger partial charge in [-0.1, -0.05) is 0 Å². The van der Waals surface area contributed by atoms with Crippen LogP contribution in [0.15, 0.2) is 24.3 Å². The zero-order valence-corrected chi connectivity index (χ0v) is 12.1. The van der Waals surface area contributed by atoms with Crippen molar-refractivity contribution < 1.29 is 18.3 Å². The third kappa shape index (κ3) is 3.71. The fraction of sp³-hybridized carbons (Fsp3) is 0.462. The summed E-state index contributed by atoms with van der Waals surface area (Å²) in [5.41, 5.74) is 0.623. The summed E-state index contributed by atoms with van der Waals surface area (Å²) in [5, 5.41) is 11.9. The predicted octanol–water partition coefficient (Wildman–Crippen LogP) is 1.00. The number of nitrogens with one attached hydrogen (secondary N) is 1. The molecule has 20 heavy (non-hydrogen) atoms. The molecule has 1 aliphatic heterocycles. The molecule has 0 aliphatic carbocycles. The zero-order chi connectivity index (χ0) is 14.8. The highest BCUT2D eigenvalue weighted by Crippen LogP contribution is 2.21. The van der Waals surface area contributed by atoms with E-state index in [0.717, 1.165) is 0 Å². The molecule has 0 bridgehead atoms. The van der Waals surface area contributed by atoms with E-state index >= 15 is 0 Å². The molecule has 1 aromatic carbocycles. The van der Waals surface area contributed by atoms with Gasteiger partial charge >= 0.3 is 0 Å². The Kier molecular flexibility index (Phi) is 4.29. The van der Waals surface area contributed by atoms with Gasteiger partial charge in [0.2, 0.25) is 15.9 Å². The number of anilines is 1. The van der Waals surface area contributed by atoms with Gasteiger partial charge in [-0.25, -0.2) is 12.7 Å². The molecule has 1 amide bonds. The van der Waals surface area contributed by atoms with Crippen LogP contribution in [0.1, 0.15) is 12.8 Å². The number of rotatable bonds is 3. The fourth-order valence-electron chi connectivity index (χ4n) is 2.24. The van der Waals surface area contributed by atoms with Crippen molar-refractivity contribution in [2.24, 2.45) is 5.92 Å². The van der Waals surface area contributed by atoms with Crippen LogP contribution in [-0.2, 0) is 14.8 Å². The molecule has 7 heteroatoms. The molecule has 0 atom stereocenters.